The Labute approximate surface area is 235 Å². The highest BCUT2D eigenvalue weighted by atomic mass is 32.2. The summed E-state index contributed by atoms with van der Waals surface area (Å²) in [7, 11) is -2.73. The first-order chi connectivity index (χ1) is 19.0. The zero-order valence-electron chi connectivity index (χ0n) is 23.4. The lowest BCUT2D eigenvalue weighted by Gasteiger charge is -2.32. The van der Waals surface area contributed by atoms with Gasteiger partial charge in [0.25, 0.3) is 10.0 Å². The van der Waals surface area contributed by atoms with Gasteiger partial charge in [0.1, 0.15) is 24.2 Å². The van der Waals surface area contributed by atoms with E-state index in [1.54, 1.807) is 55.5 Å². The van der Waals surface area contributed by atoms with Crippen molar-refractivity contribution < 1.29 is 27.1 Å². The number of nitrogens with one attached hydrogen (secondary N) is 1. The van der Waals surface area contributed by atoms with Crippen molar-refractivity contribution in [2.45, 2.75) is 57.6 Å². The normalized spacial score (nSPS) is 12.8. The van der Waals surface area contributed by atoms with Gasteiger partial charge in [-0.25, -0.2) is 12.8 Å². The summed E-state index contributed by atoms with van der Waals surface area (Å²) in [6, 6.07) is 17.2. The molecule has 10 heteroatoms. The molecule has 0 heterocycles. The van der Waals surface area contributed by atoms with Crippen LogP contribution in [0.5, 0.6) is 5.75 Å². The minimum absolute atomic E-state index is 0.0451. The standard InChI is InChI=1S/C30H36FN3O5S/c1-6-22(3)32-30(36)23(4)33(19-24-8-7-9-27(18-24)39-5)29(35)20-34(26-14-10-21(2)11-15-26)40(37,38)28-16-12-25(31)13-17-28/h7-18,22-23H,6,19-20H2,1-5H3,(H,32,36)/t22-,23+/m0/s1. The van der Waals surface area contributed by atoms with Gasteiger partial charge in [0.05, 0.1) is 17.7 Å². The average molecular weight is 570 g/mol. The van der Waals surface area contributed by atoms with Crippen molar-refractivity contribution in [2.24, 2.45) is 0 Å². The number of carbonyl (C=O) groups is 2. The molecule has 3 aromatic rings. The molecule has 0 saturated carbocycles. The Morgan fingerprint density at radius 2 is 1.65 bits per heavy atom. The maximum atomic E-state index is 13.9. The van der Waals surface area contributed by atoms with Crippen LogP contribution in [0.4, 0.5) is 10.1 Å². The predicted molar refractivity (Wildman–Crippen MR) is 153 cm³/mol. The fraction of sp³-hybridized carbons (Fsp3) is 0.333. The Morgan fingerprint density at radius 1 is 1.00 bits per heavy atom. The topological polar surface area (TPSA) is 96.0 Å². The van der Waals surface area contributed by atoms with Crippen molar-refractivity contribution >= 4 is 27.5 Å². The summed E-state index contributed by atoms with van der Waals surface area (Å²) in [5, 5.41) is 2.90. The first-order valence-electron chi connectivity index (χ1n) is 13.0. The van der Waals surface area contributed by atoms with Gasteiger partial charge in [-0.05, 0) is 81.3 Å². The average Bonchev–Trinajstić information content (AvgIpc) is 2.94. The second-order valence-electron chi connectivity index (χ2n) is 9.67. The molecule has 0 aliphatic heterocycles. The Morgan fingerprint density at radius 3 is 2.25 bits per heavy atom. The molecular formula is C30H36FN3O5S. The number of ether oxygens (including phenoxy) is 1. The molecule has 0 aliphatic carbocycles. The number of rotatable bonds is 12. The minimum Gasteiger partial charge on any atom is -0.497 e. The molecule has 40 heavy (non-hydrogen) atoms. The number of carbonyl (C=O) groups excluding carboxylic acids is 2. The number of benzene rings is 3. The van der Waals surface area contributed by atoms with E-state index in [-0.39, 0.29) is 29.1 Å². The minimum atomic E-state index is -4.27. The summed E-state index contributed by atoms with van der Waals surface area (Å²) in [5.74, 6) is -0.931. The number of hydrogen-bond donors (Lipinski definition) is 1. The molecule has 214 valence electrons. The Kier molecular flexibility index (Phi) is 10.3. The van der Waals surface area contributed by atoms with Gasteiger partial charge in [0, 0.05) is 12.6 Å². The van der Waals surface area contributed by atoms with E-state index in [2.05, 4.69) is 5.32 Å². The van der Waals surface area contributed by atoms with Gasteiger partial charge >= 0.3 is 0 Å². The summed E-state index contributed by atoms with van der Waals surface area (Å²) in [6.07, 6.45) is 0.708. The van der Waals surface area contributed by atoms with Gasteiger partial charge in [0.2, 0.25) is 11.8 Å². The van der Waals surface area contributed by atoms with Crippen molar-refractivity contribution in [3.63, 3.8) is 0 Å². The molecule has 0 bridgehead atoms. The van der Waals surface area contributed by atoms with Crippen LogP contribution in [0.2, 0.25) is 0 Å². The maximum Gasteiger partial charge on any atom is 0.264 e. The van der Waals surface area contributed by atoms with E-state index in [4.69, 9.17) is 4.74 Å². The fourth-order valence-electron chi connectivity index (χ4n) is 3.99. The van der Waals surface area contributed by atoms with Crippen LogP contribution in [0.3, 0.4) is 0 Å². The van der Waals surface area contributed by atoms with E-state index in [1.807, 2.05) is 20.8 Å². The van der Waals surface area contributed by atoms with Gasteiger partial charge in [-0.3, -0.25) is 13.9 Å². The van der Waals surface area contributed by atoms with Crippen molar-refractivity contribution in [2.75, 3.05) is 18.0 Å². The first kappa shape index (κ1) is 30.6. The van der Waals surface area contributed by atoms with Crippen LogP contribution < -0.4 is 14.4 Å². The number of amides is 2. The third kappa shape index (κ3) is 7.59. The largest absolute Gasteiger partial charge is 0.497 e. The zero-order valence-corrected chi connectivity index (χ0v) is 24.2. The molecule has 0 spiro atoms. The summed E-state index contributed by atoms with van der Waals surface area (Å²) >= 11 is 0. The Balaban J connectivity index is 2.03. The SMILES string of the molecule is CC[C@H](C)NC(=O)[C@@H](C)N(Cc1cccc(OC)c1)C(=O)CN(c1ccc(C)cc1)S(=O)(=O)c1ccc(F)cc1. The van der Waals surface area contributed by atoms with Gasteiger partial charge in [-0.2, -0.15) is 0 Å². The van der Waals surface area contributed by atoms with E-state index in [0.29, 0.717) is 17.7 Å². The molecule has 0 unspecified atom stereocenters. The maximum absolute atomic E-state index is 13.9. The number of aryl methyl sites for hydroxylation is 1. The third-order valence-corrected chi connectivity index (χ3v) is 8.45. The van der Waals surface area contributed by atoms with Crippen LogP contribution >= 0.6 is 0 Å². The van der Waals surface area contributed by atoms with Crippen molar-refractivity contribution in [3.05, 3.63) is 89.7 Å². The van der Waals surface area contributed by atoms with Crippen LogP contribution in [0.15, 0.2) is 77.7 Å². The van der Waals surface area contributed by atoms with Crippen LogP contribution in [0.25, 0.3) is 0 Å². The predicted octanol–water partition coefficient (Wildman–Crippen LogP) is 4.67. The van der Waals surface area contributed by atoms with E-state index >= 15 is 0 Å². The molecule has 0 fully saturated rings. The van der Waals surface area contributed by atoms with E-state index < -0.39 is 34.3 Å². The molecule has 3 rings (SSSR count). The molecule has 1 N–H and O–H groups in total. The molecular weight excluding hydrogens is 533 g/mol. The van der Waals surface area contributed by atoms with Crippen molar-refractivity contribution in [1.82, 2.24) is 10.2 Å². The third-order valence-electron chi connectivity index (χ3n) is 6.66. The monoisotopic (exact) mass is 569 g/mol. The quantitative estimate of drug-likeness (QED) is 0.342. The molecule has 2 amide bonds. The zero-order chi connectivity index (χ0) is 29.4. The highest BCUT2D eigenvalue weighted by Gasteiger charge is 2.32. The van der Waals surface area contributed by atoms with Crippen LogP contribution in [0.1, 0.15) is 38.3 Å². The highest BCUT2D eigenvalue weighted by molar-refractivity contribution is 7.92. The van der Waals surface area contributed by atoms with Crippen LogP contribution in [-0.4, -0.2) is 50.9 Å². The van der Waals surface area contributed by atoms with Gasteiger partial charge < -0.3 is 15.0 Å². The Bertz CT molecular complexity index is 1410. The second-order valence-corrected chi connectivity index (χ2v) is 11.5. The van der Waals surface area contributed by atoms with Crippen LogP contribution in [0, 0.1) is 12.7 Å². The number of methoxy groups -OCH3 is 1. The molecule has 0 aromatic heterocycles. The van der Waals surface area contributed by atoms with Gasteiger partial charge in [0.15, 0.2) is 0 Å². The lowest BCUT2D eigenvalue weighted by molar-refractivity contribution is -0.139. The second kappa shape index (κ2) is 13.4. The molecule has 0 radical (unpaired) electrons. The lowest BCUT2D eigenvalue weighted by atomic mass is 10.1. The summed E-state index contributed by atoms with van der Waals surface area (Å²) < 4.78 is 47.4. The fourth-order valence-corrected chi connectivity index (χ4v) is 5.40. The summed E-state index contributed by atoms with van der Waals surface area (Å²) in [4.78, 5) is 28.2. The van der Waals surface area contributed by atoms with Crippen LogP contribution in [-0.2, 0) is 26.2 Å². The number of sulfonamides is 1. The lowest BCUT2D eigenvalue weighted by Crippen LogP contribution is -2.52. The van der Waals surface area contributed by atoms with E-state index in [0.717, 1.165) is 34.1 Å². The molecule has 3 aromatic carbocycles. The molecule has 8 nitrogen and oxygen atoms in total. The van der Waals surface area contributed by atoms with Crippen molar-refractivity contribution in [1.29, 1.82) is 0 Å². The molecule has 2 atom stereocenters. The van der Waals surface area contributed by atoms with Crippen molar-refractivity contribution in [3.8, 4) is 5.75 Å². The number of hydrogen-bond acceptors (Lipinski definition) is 5. The number of nitrogens with zero attached hydrogens (tertiary/aromatic N) is 2. The number of halogens is 1. The van der Waals surface area contributed by atoms with E-state index in [9.17, 15) is 22.4 Å². The smallest absolute Gasteiger partial charge is 0.264 e. The number of anilines is 1. The Hall–Kier alpha value is -3.92. The summed E-state index contributed by atoms with van der Waals surface area (Å²) in [6.45, 7) is 6.75. The van der Waals surface area contributed by atoms with Gasteiger partial charge in [-0.15, -0.1) is 0 Å². The van der Waals surface area contributed by atoms with E-state index in [1.165, 1.54) is 12.0 Å². The molecule has 0 aliphatic rings. The van der Waals surface area contributed by atoms with Gasteiger partial charge in [-0.1, -0.05) is 36.8 Å². The highest BCUT2D eigenvalue weighted by Crippen LogP contribution is 2.25. The summed E-state index contributed by atoms with van der Waals surface area (Å²) in [5.41, 5.74) is 1.88. The molecule has 0 saturated heterocycles. The first-order valence-corrected chi connectivity index (χ1v) is 14.5.